The molecule has 0 aromatic heterocycles. The lowest BCUT2D eigenvalue weighted by Crippen LogP contribution is -2.39. The van der Waals surface area contributed by atoms with Gasteiger partial charge < -0.3 is 10.1 Å². The van der Waals surface area contributed by atoms with Crippen molar-refractivity contribution in [3.05, 3.63) is 0 Å². The van der Waals surface area contributed by atoms with Crippen molar-refractivity contribution in [3.8, 4) is 0 Å². The van der Waals surface area contributed by atoms with Crippen molar-refractivity contribution in [1.29, 1.82) is 0 Å². The van der Waals surface area contributed by atoms with Crippen molar-refractivity contribution >= 4 is 11.9 Å². The molecule has 1 atom stereocenters. The van der Waals surface area contributed by atoms with Gasteiger partial charge in [0.25, 0.3) is 0 Å². The fourth-order valence-corrected chi connectivity index (χ4v) is 3.50. The van der Waals surface area contributed by atoms with Gasteiger partial charge in [-0.25, -0.2) is 4.79 Å². The predicted octanol–water partition coefficient (Wildman–Crippen LogP) is 7.10. The number of amides is 1. The average Bonchev–Trinajstić information content (AvgIpc) is 2.71. The predicted molar refractivity (Wildman–Crippen MR) is 123 cm³/mol. The summed E-state index contributed by atoms with van der Waals surface area (Å²) in [6.07, 6.45) is 21.6. The van der Waals surface area contributed by atoms with Crippen LogP contribution in [0.2, 0.25) is 0 Å². The molecule has 0 aliphatic heterocycles. The van der Waals surface area contributed by atoms with Crippen LogP contribution < -0.4 is 5.32 Å². The molecule has 0 spiro atoms. The molecular weight excluding hydrogens is 362 g/mol. The van der Waals surface area contributed by atoms with Gasteiger partial charge in [-0.3, -0.25) is 4.79 Å². The Morgan fingerprint density at radius 3 is 1.55 bits per heavy atom. The summed E-state index contributed by atoms with van der Waals surface area (Å²) >= 11 is 0. The molecule has 0 bridgehead atoms. The van der Waals surface area contributed by atoms with Gasteiger partial charge in [0.2, 0.25) is 5.91 Å². The van der Waals surface area contributed by atoms with E-state index < -0.39 is 6.04 Å². The van der Waals surface area contributed by atoms with E-state index in [4.69, 9.17) is 4.74 Å². The van der Waals surface area contributed by atoms with Crippen LogP contribution in [0.4, 0.5) is 0 Å². The van der Waals surface area contributed by atoms with Crippen LogP contribution in [0.15, 0.2) is 0 Å². The van der Waals surface area contributed by atoms with Crippen LogP contribution >= 0.6 is 0 Å². The number of nitrogens with one attached hydrogen (secondary N) is 1. The van der Waals surface area contributed by atoms with Crippen molar-refractivity contribution < 1.29 is 14.3 Å². The van der Waals surface area contributed by atoms with Gasteiger partial charge in [0.15, 0.2) is 0 Å². The minimum Gasteiger partial charge on any atom is -0.464 e. The first-order chi connectivity index (χ1) is 14.1. The van der Waals surface area contributed by atoms with E-state index in [1.807, 2.05) is 0 Å². The summed E-state index contributed by atoms with van der Waals surface area (Å²) in [7, 11) is 0. The first-order valence-electron chi connectivity index (χ1n) is 12.6. The molecule has 4 nitrogen and oxygen atoms in total. The van der Waals surface area contributed by atoms with E-state index in [9.17, 15) is 9.59 Å². The molecule has 0 saturated heterocycles. The normalized spacial score (nSPS) is 12.0. The second-order valence-electron chi connectivity index (χ2n) is 8.51. The van der Waals surface area contributed by atoms with Gasteiger partial charge in [0.1, 0.15) is 6.04 Å². The Labute approximate surface area is 180 Å². The molecule has 1 amide bonds. The molecule has 1 N–H and O–H groups in total. The minimum absolute atomic E-state index is 0.0451. The molecule has 0 unspecified atom stereocenters. The van der Waals surface area contributed by atoms with E-state index in [-0.39, 0.29) is 11.9 Å². The zero-order valence-corrected chi connectivity index (χ0v) is 19.7. The van der Waals surface area contributed by atoms with Crippen LogP contribution in [-0.4, -0.2) is 24.5 Å². The van der Waals surface area contributed by atoms with Crippen molar-refractivity contribution in [1.82, 2.24) is 5.32 Å². The number of unbranched alkanes of at least 4 members (excludes halogenated alkanes) is 15. The van der Waals surface area contributed by atoms with Gasteiger partial charge in [-0.15, -0.1) is 0 Å². The van der Waals surface area contributed by atoms with Crippen LogP contribution in [0.25, 0.3) is 0 Å². The molecule has 0 saturated carbocycles. The molecule has 0 fully saturated rings. The number of hydrogen-bond acceptors (Lipinski definition) is 3. The van der Waals surface area contributed by atoms with Gasteiger partial charge >= 0.3 is 5.97 Å². The summed E-state index contributed by atoms with van der Waals surface area (Å²) in [4.78, 5) is 23.8. The number of carbonyl (C=O) groups excluding carboxylic acids is 2. The van der Waals surface area contributed by atoms with E-state index in [1.165, 1.54) is 83.5 Å². The lowest BCUT2D eigenvalue weighted by Gasteiger charge is -2.13. The quantitative estimate of drug-likeness (QED) is 0.162. The maximum Gasteiger partial charge on any atom is 0.328 e. The first kappa shape index (κ1) is 27.9. The first-order valence-corrected chi connectivity index (χ1v) is 12.6. The average molecular weight is 412 g/mol. The van der Waals surface area contributed by atoms with Crippen molar-refractivity contribution in [2.75, 3.05) is 6.61 Å². The zero-order chi connectivity index (χ0) is 21.6. The Morgan fingerprint density at radius 1 is 0.655 bits per heavy atom. The van der Waals surface area contributed by atoms with Gasteiger partial charge in [0, 0.05) is 6.42 Å². The number of ether oxygens (including phenoxy) is 1. The summed E-state index contributed by atoms with van der Waals surface area (Å²) in [6.45, 7) is 6.61. The van der Waals surface area contributed by atoms with E-state index in [0.717, 1.165) is 25.7 Å². The third-order valence-corrected chi connectivity index (χ3v) is 5.48. The molecule has 0 heterocycles. The van der Waals surface area contributed by atoms with Crippen LogP contribution in [0, 0.1) is 0 Å². The number of rotatable bonds is 21. The van der Waals surface area contributed by atoms with Crippen LogP contribution in [0.1, 0.15) is 136 Å². The Bertz CT molecular complexity index is 384. The molecule has 29 heavy (non-hydrogen) atoms. The van der Waals surface area contributed by atoms with Gasteiger partial charge in [-0.2, -0.15) is 0 Å². The summed E-state index contributed by atoms with van der Waals surface area (Å²) in [5.74, 6) is -0.358. The Hall–Kier alpha value is -1.06. The third-order valence-electron chi connectivity index (χ3n) is 5.48. The SMILES string of the molecule is CCCCCCCCCCCCCCOC(=O)[C@H](C)NC(=O)CCCCCCC. The Kier molecular flexibility index (Phi) is 20.9. The van der Waals surface area contributed by atoms with Crippen molar-refractivity contribution in [2.24, 2.45) is 0 Å². The molecule has 0 radical (unpaired) electrons. The fraction of sp³-hybridized carbons (Fsp3) is 0.920. The zero-order valence-electron chi connectivity index (χ0n) is 19.7. The largest absolute Gasteiger partial charge is 0.464 e. The highest BCUT2D eigenvalue weighted by molar-refractivity contribution is 5.84. The number of carbonyl (C=O) groups is 2. The molecule has 0 rings (SSSR count). The van der Waals surface area contributed by atoms with Gasteiger partial charge in [0.05, 0.1) is 6.61 Å². The van der Waals surface area contributed by atoms with Crippen LogP contribution in [-0.2, 0) is 14.3 Å². The Balaban J connectivity index is 3.44. The smallest absolute Gasteiger partial charge is 0.328 e. The van der Waals surface area contributed by atoms with Gasteiger partial charge in [-0.1, -0.05) is 110 Å². The minimum atomic E-state index is -0.546. The molecule has 0 aliphatic rings. The molecule has 0 aliphatic carbocycles. The van der Waals surface area contributed by atoms with Crippen LogP contribution in [0.5, 0.6) is 0 Å². The molecule has 172 valence electrons. The molecule has 0 aromatic rings. The maximum atomic E-state index is 12.0. The highest BCUT2D eigenvalue weighted by atomic mass is 16.5. The summed E-state index contributed by atoms with van der Waals surface area (Å²) in [5, 5.41) is 2.75. The lowest BCUT2D eigenvalue weighted by atomic mass is 10.1. The molecular formula is C25H49NO3. The highest BCUT2D eigenvalue weighted by Gasteiger charge is 2.16. The van der Waals surface area contributed by atoms with Crippen molar-refractivity contribution in [3.63, 3.8) is 0 Å². The second-order valence-corrected chi connectivity index (χ2v) is 8.51. The van der Waals surface area contributed by atoms with Gasteiger partial charge in [-0.05, 0) is 19.8 Å². The summed E-state index contributed by atoms with van der Waals surface area (Å²) in [6, 6.07) is -0.546. The van der Waals surface area contributed by atoms with E-state index >= 15 is 0 Å². The monoisotopic (exact) mass is 411 g/mol. The summed E-state index contributed by atoms with van der Waals surface area (Å²) < 4.78 is 5.30. The fourth-order valence-electron chi connectivity index (χ4n) is 3.50. The van der Waals surface area contributed by atoms with E-state index in [2.05, 4.69) is 19.2 Å². The third kappa shape index (κ3) is 20.0. The van der Waals surface area contributed by atoms with Crippen molar-refractivity contribution in [2.45, 2.75) is 142 Å². The van der Waals surface area contributed by atoms with E-state index in [1.54, 1.807) is 6.92 Å². The Morgan fingerprint density at radius 2 is 1.07 bits per heavy atom. The summed E-state index contributed by atoms with van der Waals surface area (Å²) in [5.41, 5.74) is 0. The lowest BCUT2D eigenvalue weighted by molar-refractivity contribution is -0.147. The number of esters is 1. The molecule has 4 heteroatoms. The second kappa shape index (κ2) is 21.6. The topological polar surface area (TPSA) is 55.4 Å². The number of hydrogen-bond donors (Lipinski definition) is 1. The standard InChI is InChI=1S/C25H49NO3/c1-4-6-8-10-11-12-13-14-15-16-18-20-22-29-25(28)23(3)26-24(27)21-19-17-9-7-5-2/h23H,4-22H2,1-3H3,(H,26,27)/t23-/m0/s1. The highest BCUT2D eigenvalue weighted by Crippen LogP contribution is 2.12. The van der Waals surface area contributed by atoms with Crippen LogP contribution in [0.3, 0.4) is 0 Å². The van der Waals surface area contributed by atoms with E-state index in [0.29, 0.717) is 13.0 Å². The maximum absolute atomic E-state index is 12.0. The molecule has 0 aromatic carbocycles.